The van der Waals surface area contributed by atoms with Gasteiger partial charge < -0.3 is 5.32 Å². The number of hydrogen-bond donors (Lipinski definition) is 1. The summed E-state index contributed by atoms with van der Waals surface area (Å²) in [5.74, 6) is 2.27. The van der Waals surface area contributed by atoms with Crippen LogP contribution in [0.1, 0.15) is 37.3 Å². The first-order valence-electron chi connectivity index (χ1n) is 8.62. The third-order valence-electron chi connectivity index (χ3n) is 4.15. The summed E-state index contributed by atoms with van der Waals surface area (Å²) in [5, 5.41) is 15.6. The fourth-order valence-electron chi connectivity index (χ4n) is 2.87. The number of hydrogen-bond acceptors (Lipinski definition) is 6. The van der Waals surface area contributed by atoms with E-state index in [1.165, 1.54) is 30.2 Å². The van der Waals surface area contributed by atoms with E-state index in [-0.39, 0.29) is 5.91 Å². The molecule has 1 amide bonds. The van der Waals surface area contributed by atoms with Gasteiger partial charge in [-0.05, 0) is 28.8 Å². The summed E-state index contributed by atoms with van der Waals surface area (Å²) in [6, 6.07) is 10.8. The van der Waals surface area contributed by atoms with Crippen molar-refractivity contribution in [2.75, 3.05) is 18.1 Å². The standard InChI is InChI=1S/C17H23N5OS2/c23-16(18-10-11-24-12-14-6-2-1-3-7-14)13-25-17-19-20-21-22(17)15-8-4-5-9-15/h1-3,6-7,15H,4-5,8-13H2,(H,18,23). The molecule has 8 heteroatoms. The molecule has 1 aliphatic carbocycles. The Morgan fingerprint density at radius 1 is 1.24 bits per heavy atom. The van der Waals surface area contributed by atoms with Crippen LogP contribution in [0.25, 0.3) is 0 Å². The second-order valence-electron chi connectivity index (χ2n) is 6.02. The van der Waals surface area contributed by atoms with Crippen LogP contribution in [0.2, 0.25) is 0 Å². The molecule has 0 saturated heterocycles. The van der Waals surface area contributed by atoms with Crippen molar-refractivity contribution in [3.8, 4) is 0 Å². The molecule has 1 saturated carbocycles. The van der Waals surface area contributed by atoms with Gasteiger partial charge in [0.25, 0.3) is 0 Å². The van der Waals surface area contributed by atoms with Crippen LogP contribution in [0, 0.1) is 0 Å². The van der Waals surface area contributed by atoms with Crippen LogP contribution in [0.15, 0.2) is 35.5 Å². The van der Waals surface area contributed by atoms with Crippen molar-refractivity contribution < 1.29 is 4.79 Å². The average molecular weight is 378 g/mol. The number of rotatable bonds is 9. The molecule has 1 aromatic heterocycles. The molecule has 2 aromatic rings. The van der Waals surface area contributed by atoms with Crippen molar-refractivity contribution in [3.05, 3.63) is 35.9 Å². The Balaban J connectivity index is 1.31. The lowest BCUT2D eigenvalue weighted by atomic mass is 10.2. The van der Waals surface area contributed by atoms with Crippen LogP contribution in [0.4, 0.5) is 0 Å². The van der Waals surface area contributed by atoms with Crippen LogP contribution in [0.5, 0.6) is 0 Å². The van der Waals surface area contributed by atoms with Crippen molar-refractivity contribution >= 4 is 29.4 Å². The van der Waals surface area contributed by atoms with Crippen LogP contribution in [-0.2, 0) is 10.5 Å². The molecule has 0 unspecified atom stereocenters. The number of nitrogens with zero attached hydrogens (tertiary/aromatic N) is 4. The number of amides is 1. The third kappa shape index (κ3) is 5.74. The first-order chi connectivity index (χ1) is 12.3. The second-order valence-corrected chi connectivity index (χ2v) is 8.07. The summed E-state index contributed by atoms with van der Waals surface area (Å²) in [5.41, 5.74) is 1.31. The Morgan fingerprint density at radius 3 is 2.84 bits per heavy atom. The molecule has 6 nitrogen and oxygen atoms in total. The summed E-state index contributed by atoms with van der Waals surface area (Å²) in [4.78, 5) is 12.0. The highest BCUT2D eigenvalue weighted by atomic mass is 32.2. The molecule has 3 rings (SSSR count). The lowest BCUT2D eigenvalue weighted by Gasteiger charge is -2.10. The van der Waals surface area contributed by atoms with Gasteiger partial charge in [0.2, 0.25) is 11.1 Å². The predicted octanol–water partition coefficient (Wildman–Crippen LogP) is 2.93. The van der Waals surface area contributed by atoms with E-state index in [1.54, 1.807) is 0 Å². The Labute approximate surface area is 156 Å². The first-order valence-corrected chi connectivity index (χ1v) is 10.8. The zero-order valence-electron chi connectivity index (χ0n) is 14.1. The summed E-state index contributed by atoms with van der Waals surface area (Å²) >= 11 is 3.24. The molecule has 1 N–H and O–H groups in total. The topological polar surface area (TPSA) is 72.7 Å². The second kappa shape index (κ2) is 9.82. The Kier molecular flexibility index (Phi) is 7.17. The molecule has 0 atom stereocenters. The zero-order valence-corrected chi connectivity index (χ0v) is 15.8. The molecule has 0 spiro atoms. The van der Waals surface area contributed by atoms with Gasteiger partial charge in [0.15, 0.2) is 0 Å². The van der Waals surface area contributed by atoms with Crippen molar-refractivity contribution in [2.24, 2.45) is 0 Å². The van der Waals surface area contributed by atoms with Gasteiger partial charge in [-0.1, -0.05) is 54.9 Å². The minimum atomic E-state index is 0.0336. The molecule has 0 radical (unpaired) electrons. The number of benzene rings is 1. The van der Waals surface area contributed by atoms with Gasteiger partial charge in [0, 0.05) is 18.1 Å². The first kappa shape index (κ1) is 18.3. The van der Waals surface area contributed by atoms with E-state index in [0.29, 0.717) is 18.3 Å². The SMILES string of the molecule is O=C(CSc1nnnn1C1CCCC1)NCCSCc1ccccc1. The Bertz CT molecular complexity index is 658. The lowest BCUT2D eigenvalue weighted by Crippen LogP contribution is -2.27. The quantitative estimate of drug-likeness (QED) is 0.535. The molecule has 1 aliphatic rings. The van der Waals surface area contributed by atoms with Gasteiger partial charge in [-0.3, -0.25) is 4.79 Å². The van der Waals surface area contributed by atoms with Gasteiger partial charge in [0.1, 0.15) is 0 Å². The lowest BCUT2D eigenvalue weighted by molar-refractivity contribution is -0.118. The van der Waals surface area contributed by atoms with Crippen LogP contribution in [0.3, 0.4) is 0 Å². The van der Waals surface area contributed by atoms with Crippen LogP contribution >= 0.6 is 23.5 Å². The maximum atomic E-state index is 12.0. The molecule has 25 heavy (non-hydrogen) atoms. The van der Waals surface area contributed by atoms with E-state index in [0.717, 1.165) is 29.5 Å². The molecule has 0 bridgehead atoms. The Hall–Kier alpha value is -1.54. The molecule has 0 aliphatic heterocycles. The van der Waals surface area contributed by atoms with E-state index >= 15 is 0 Å². The Morgan fingerprint density at radius 2 is 2.04 bits per heavy atom. The highest BCUT2D eigenvalue weighted by Crippen LogP contribution is 2.31. The van der Waals surface area contributed by atoms with E-state index in [9.17, 15) is 4.79 Å². The number of thioether (sulfide) groups is 2. The number of aromatic nitrogens is 4. The molecule has 1 fully saturated rings. The van der Waals surface area contributed by atoms with Crippen molar-refractivity contribution in [2.45, 2.75) is 42.6 Å². The summed E-state index contributed by atoms with van der Waals surface area (Å²) in [7, 11) is 0. The zero-order chi connectivity index (χ0) is 17.3. The number of carbonyl (C=O) groups excluding carboxylic acids is 1. The largest absolute Gasteiger partial charge is 0.355 e. The minimum Gasteiger partial charge on any atom is -0.355 e. The monoisotopic (exact) mass is 377 g/mol. The fourth-order valence-corrected chi connectivity index (χ4v) is 4.46. The molecular weight excluding hydrogens is 354 g/mol. The van der Waals surface area contributed by atoms with E-state index < -0.39 is 0 Å². The van der Waals surface area contributed by atoms with E-state index in [4.69, 9.17) is 0 Å². The van der Waals surface area contributed by atoms with Gasteiger partial charge in [0.05, 0.1) is 11.8 Å². The molecule has 1 heterocycles. The maximum Gasteiger partial charge on any atom is 0.230 e. The van der Waals surface area contributed by atoms with E-state index in [1.807, 2.05) is 34.6 Å². The van der Waals surface area contributed by atoms with Gasteiger partial charge >= 0.3 is 0 Å². The van der Waals surface area contributed by atoms with Gasteiger partial charge in [-0.25, -0.2) is 4.68 Å². The van der Waals surface area contributed by atoms with Crippen molar-refractivity contribution in [3.63, 3.8) is 0 Å². The molecule has 1 aromatic carbocycles. The van der Waals surface area contributed by atoms with E-state index in [2.05, 4.69) is 33.0 Å². The van der Waals surface area contributed by atoms with Gasteiger partial charge in [-0.15, -0.1) is 5.10 Å². The fraction of sp³-hybridized carbons (Fsp3) is 0.529. The summed E-state index contributed by atoms with van der Waals surface area (Å²) < 4.78 is 1.89. The van der Waals surface area contributed by atoms with Crippen molar-refractivity contribution in [1.82, 2.24) is 25.5 Å². The smallest absolute Gasteiger partial charge is 0.230 e. The third-order valence-corrected chi connectivity index (χ3v) is 6.11. The van der Waals surface area contributed by atoms with Crippen LogP contribution in [-0.4, -0.2) is 44.2 Å². The number of nitrogens with one attached hydrogen (secondary N) is 1. The summed E-state index contributed by atoms with van der Waals surface area (Å²) in [6.45, 7) is 0.685. The minimum absolute atomic E-state index is 0.0336. The van der Waals surface area contributed by atoms with Gasteiger partial charge in [-0.2, -0.15) is 11.8 Å². The van der Waals surface area contributed by atoms with Crippen molar-refractivity contribution in [1.29, 1.82) is 0 Å². The maximum absolute atomic E-state index is 12.0. The average Bonchev–Trinajstić information content (AvgIpc) is 3.31. The van der Waals surface area contributed by atoms with Crippen LogP contribution < -0.4 is 5.32 Å². The summed E-state index contributed by atoms with van der Waals surface area (Å²) in [6.07, 6.45) is 4.72. The molecular formula is C17H23N5OS2. The highest BCUT2D eigenvalue weighted by Gasteiger charge is 2.21. The normalized spacial score (nSPS) is 14.7. The molecule has 134 valence electrons. The highest BCUT2D eigenvalue weighted by molar-refractivity contribution is 7.99. The predicted molar refractivity (Wildman–Crippen MR) is 102 cm³/mol. The number of tetrazole rings is 1. The number of carbonyl (C=O) groups is 1.